The van der Waals surface area contributed by atoms with Crippen LogP contribution in [0.4, 0.5) is 11.4 Å². The van der Waals surface area contributed by atoms with Gasteiger partial charge < -0.3 is 10.1 Å². The molecule has 9 heteroatoms. The summed E-state index contributed by atoms with van der Waals surface area (Å²) in [6.45, 7) is -0.427. The number of hydrogen-bond acceptors (Lipinski definition) is 5. The van der Waals surface area contributed by atoms with Crippen LogP contribution in [0.15, 0.2) is 82.6 Å². The molecule has 0 fully saturated rings. The van der Waals surface area contributed by atoms with Gasteiger partial charge in [0, 0.05) is 10.6 Å². The third-order valence-corrected chi connectivity index (χ3v) is 7.20. The van der Waals surface area contributed by atoms with Gasteiger partial charge in [0.2, 0.25) is 5.91 Å². The molecule has 1 N–H and O–H groups in total. The van der Waals surface area contributed by atoms with Crippen molar-refractivity contribution in [3.05, 3.63) is 77.8 Å². The van der Waals surface area contributed by atoms with Gasteiger partial charge in [-0.15, -0.1) is 11.8 Å². The second-order valence-corrected chi connectivity index (χ2v) is 9.57. The first kappa shape index (κ1) is 23.0. The van der Waals surface area contributed by atoms with E-state index in [1.54, 1.807) is 48.2 Å². The monoisotopic (exact) mass is 476 g/mol. The number of rotatable bonds is 8. The molecule has 0 aliphatic heterocycles. The second-order valence-electron chi connectivity index (χ2n) is 6.42. The molecule has 0 bridgehead atoms. The molecule has 0 aliphatic carbocycles. The number of carbonyl (C=O) groups excluding carboxylic acids is 1. The van der Waals surface area contributed by atoms with Crippen LogP contribution in [0, 0.1) is 0 Å². The van der Waals surface area contributed by atoms with Crippen LogP contribution >= 0.6 is 23.4 Å². The van der Waals surface area contributed by atoms with Crippen LogP contribution in [0.25, 0.3) is 0 Å². The van der Waals surface area contributed by atoms with E-state index in [9.17, 15) is 13.2 Å². The van der Waals surface area contributed by atoms with Gasteiger partial charge in [0.25, 0.3) is 10.0 Å². The number of thioether (sulfide) groups is 1. The number of amides is 1. The van der Waals surface area contributed by atoms with Crippen molar-refractivity contribution in [2.24, 2.45) is 0 Å². The van der Waals surface area contributed by atoms with Crippen molar-refractivity contribution < 1.29 is 17.9 Å². The summed E-state index contributed by atoms with van der Waals surface area (Å²) >= 11 is 7.76. The maximum atomic E-state index is 13.4. The van der Waals surface area contributed by atoms with Crippen molar-refractivity contribution in [1.29, 1.82) is 0 Å². The smallest absolute Gasteiger partial charge is 0.264 e. The van der Waals surface area contributed by atoms with E-state index < -0.39 is 22.5 Å². The number of ether oxygens (including phenoxy) is 1. The Balaban J connectivity index is 1.95. The minimum atomic E-state index is -4.02. The third kappa shape index (κ3) is 5.52. The van der Waals surface area contributed by atoms with Crippen LogP contribution in [-0.4, -0.2) is 34.2 Å². The number of sulfonamides is 1. The minimum absolute atomic E-state index is 0.0686. The number of nitrogens with one attached hydrogen (secondary N) is 1. The number of methoxy groups -OCH3 is 1. The Kier molecular flexibility index (Phi) is 7.48. The lowest BCUT2D eigenvalue weighted by atomic mass is 10.3. The highest BCUT2D eigenvalue weighted by Gasteiger charge is 2.27. The number of hydrogen-bond donors (Lipinski definition) is 1. The van der Waals surface area contributed by atoms with Crippen molar-refractivity contribution in [2.45, 2.75) is 9.79 Å². The predicted octanol–water partition coefficient (Wildman–Crippen LogP) is 4.90. The molecule has 0 saturated carbocycles. The van der Waals surface area contributed by atoms with E-state index in [1.807, 2.05) is 24.5 Å². The Hall–Kier alpha value is -2.68. The third-order valence-electron chi connectivity index (χ3n) is 4.40. The fourth-order valence-corrected chi connectivity index (χ4v) is 5.02. The van der Waals surface area contributed by atoms with Crippen molar-refractivity contribution in [3.63, 3.8) is 0 Å². The molecule has 0 aliphatic rings. The fourth-order valence-electron chi connectivity index (χ4n) is 2.88. The van der Waals surface area contributed by atoms with Gasteiger partial charge in [-0.05, 0) is 54.8 Å². The quantitative estimate of drug-likeness (QED) is 0.468. The standard InChI is InChI=1S/C22H21ClN2O4S2/c1-29-21-12-11-17(14-20(21)23)25(31(27,28)19-9-4-3-5-10-19)15-22(26)24-16-7-6-8-18(13-16)30-2/h3-14H,15H2,1-2H3,(H,24,26). The van der Waals surface area contributed by atoms with Crippen LogP contribution in [0.1, 0.15) is 0 Å². The average molecular weight is 477 g/mol. The Bertz CT molecular complexity index is 1170. The molecule has 1 amide bonds. The van der Waals surface area contributed by atoms with Crippen LogP contribution in [0.2, 0.25) is 5.02 Å². The predicted molar refractivity (Wildman–Crippen MR) is 126 cm³/mol. The van der Waals surface area contributed by atoms with E-state index in [-0.39, 0.29) is 15.6 Å². The topological polar surface area (TPSA) is 75.7 Å². The molecule has 0 unspecified atom stereocenters. The summed E-state index contributed by atoms with van der Waals surface area (Å²) in [4.78, 5) is 13.8. The largest absolute Gasteiger partial charge is 0.495 e. The maximum absolute atomic E-state index is 13.4. The Morgan fingerprint density at radius 1 is 1.06 bits per heavy atom. The van der Waals surface area contributed by atoms with Crippen LogP contribution in [-0.2, 0) is 14.8 Å². The Morgan fingerprint density at radius 2 is 1.81 bits per heavy atom. The van der Waals surface area contributed by atoms with Gasteiger partial charge in [0.1, 0.15) is 12.3 Å². The van der Waals surface area contributed by atoms with E-state index in [0.717, 1.165) is 9.20 Å². The number of anilines is 2. The highest BCUT2D eigenvalue weighted by Crippen LogP contribution is 2.32. The van der Waals surface area contributed by atoms with E-state index in [0.29, 0.717) is 11.4 Å². The van der Waals surface area contributed by atoms with Gasteiger partial charge in [-0.25, -0.2) is 8.42 Å². The summed E-state index contributed by atoms with van der Waals surface area (Å²) in [5, 5.41) is 3.00. The highest BCUT2D eigenvalue weighted by atomic mass is 35.5. The van der Waals surface area contributed by atoms with Gasteiger partial charge in [0.05, 0.1) is 22.7 Å². The molecule has 3 aromatic rings. The molecule has 0 atom stereocenters. The molecule has 31 heavy (non-hydrogen) atoms. The number of carbonyl (C=O) groups is 1. The zero-order valence-electron chi connectivity index (χ0n) is 16.9. The van der Waals surface area contributed by atoms with E-state index in [2.05, 4.69) is 5.32 Å². The molecule has 0 saturated heterocycles. The minimum Gasteiger partial charge on any atom is -0.495 e. The van der Waals surface area contributed by atoms with Gasteiger partial charge in [-0.1, -0.05) is 35.9 Å². The lowest BCUT2D eigenvalue weighted by molar-refractivity contribution is -0.114. The van der Waals surface area contributed by atoms with Crippen LogP contribution in [0.5, 0.6) is 5.75 Å². The number of halogens is 1. The molecule has 0 aromatic heterocycles. The first-order valence-corrected chi connectivity index (χ1v) is 12.2. The zero-order chi connectivity index (χ0) is 22.4. The van der Waals surface area contributed by atoms with Crippen molar-refractivity contribution >= 4 is 50.7 Å². The number of benzene rings is 3. The Morgan fingerprint density at radius 3 is 2.45 bits per heavy atom. The molecule has 3 rings (SSSR count). The van der Waals surface area contributed by atoms with Gasteiger partial charge in [0.15, 0.2) is 0 Å². The summed E-state index contributed by atoms with van der Waals surface area (Å²) in [5.41, 5.74) is 0.837. The van der Waals surface area contributed by atoms with Crippen molar-refractivity contribution in [1.82, 2.24) is 0 Å². The van der Waals surface area contributed by atoms with Gasteiger partial charge >= 0.3 is 0 Å². The van der Waals surface area contributed by atoms with Gasteiger partial charge in [-0.3, -0.25) is 9.10 Å². The van der Waals surface area contributed by atoms with Crippen LogP contribution < -0.4 is 14.4 Å². The van der Waals surface area contributed by atoms with E-state index in [1.165, 1.54) is 25.3 Å². The highest BCUT2D eigenvalue weighted by molar-refractivity contribution is 7.98. The molecule has 0 radical (unpaired) electrons. The average Bonchev–Trinajstić information content (AvgIpc) is 2.78. The van der Waals surface area contributed by atoms with E-state index >= 15 is 0 Å². The van der Waals surface area contributed by atoms with Crippen molar-refractivity contribution in [2.75, 3.05) is 29.5 Å². The summed E-state index contributed by atoms with van der Waals surface area (Å²) in [6, 6.07) is 19.8. The molecule has 0 heterocycles. The van der Waals surface area contributed by atoms with E-state index in [4.69, 9.17) is 16.3 Å². The molecular weight excluding hydrogens is 456 g/mol. The lowest BCUT2D eigenvalue weighted by Gasteiger charge is -2.24. The zero-order valence-corrected chi connectivity index (χ0v) is 19.3. The van der Waals surface area contributed by atoms with Crippen molar-refractivity contribution in [3.8, 4) is 5.75 Å². The van der Waals surface area contributed by atoms with Crippen LogP contribution in [0.3, 0.4) is 0 Å². The molecule has 0 spiro atoms. The molecule has 162 valence electrons. The second kappa shape index (κ2) is 10.1. The number of nitrogens with zero attached hydrogens (tertiary/aromatic N) is 1. The fraction of sp³-hybridized carbons (Fsp3) is 0.136. The maximum Gasteiger partial charge on any atom is 0.264 e. The lowest BCUT2D eigenvalue weighted by Crippen LogP contribution is -2.38. The first-order valence-electron chi connectivity index (χ1n) is 9.20. The summed E-state index contributed by atoms with van der Waals surface area (Å²) in [7, 11) is -2.55. The van der Waals surface area contributed by atoms with Gasteiger partial charge in [-0.2, -0.15) is 0 Å². The Labute approximate surface area is 191 Å². The first-order chi connectivity index (χ1) is 14.8. The summed E-state index contributed by atoms with van der Waals surface area (Å²) < 4.78 is 32.9. The normalized spacial score (nSPS) is 11.1. The molecular formula is C22H21ClN2O4S2. The SMILES string of the molecule is COc1ccc(N(CC(=O)Nc2cccc(SC)c2)S(=O)(=O)c2ccccc2)cc1Cl. The summed E-state index contributed by atoms with van der Waals surface area (Å²) in [5.74, 6) is -0.0782. The summed E-state index contributed by atoms with van der Waals surface area (Å²) in [6.07, 6.45) is 1.93. The molecule has 3 aromatic carbocycles. The molecule has 6 nitrogen and oxygen atoms in total.